The minimum atomic E-state index is -4.24. The summed E-state index contributed by atoms with van der Waals surface area (Å²) in [6, 6.07) is 25.8. The summed E-state index contributed by atoms with van der Waals surface area (Å²) in [7, 11) is -4.24. The molecule has 4 aromatic rings. The van der Waals surface area contributed by atoms with Gasteiger partial charge in [-0.05, 0) is 36.3 Å². The molecule has 9 heteroatoms. The summed E-state index contributed by atoms with van der Waals surface area (Å²) < 4.78 is 35.3. The molecule has 1 aromatic heterocycles. The molecule has 1 aliphatic rings. The van der Waals surface area contributed by atoms with Gasteiger partial charge in [-0.2, -0.15) is 0 Å². The number of esters is 1. The van der Waals surface area contributed by atoms with Crippen LogP contribution in [-0.4, -0.2) is 25.6 Å². The lowest BCUT2D eigenvalue weighted by Gasteiger charge is -2.28. The molecule has 0 bridgehead atoms. The van der Waals surface area contributed by atoms with E-state index in [9.17, 15) is 18.0 Å². The number of hydrogen-bond acceptors (Lipinski definition) is 7. The van der Waals surface area contributed by atoms with E-state index in [-0.39, 0.29) is 32.5 Å². The number of benzene rings is 3. The van der Waals surface area contributed by atoms with Crippen molar-refractivity contribution in [3.8, 4) is 0 Å². The molecule has 38 heavy (non-hydrogen) atoms. The summed E-state index contributed by atoms with van der Waals surface area (Å²) in [6.07, 6.45) is 1.69. The van der Waals surface area contributed by atoms with Crippen LogP contribution in [0.4, 0.5) is 0 Å². The number of fused-ring (bicyclic) bond motifs is 1. The molecule has 192 valence electrons. The molecule has 2 N–H and O–H groups in total. The lowest BCUT2D eigenvalue weighted by molar-refractivity contribution is -0.136. The van der Waals surface area contributed by atoms with E-state index in [0.717, 1.165) is 21.5 Å². The third kappa shape index (κ3) is 4.40. The first-order valence-corrected chi connectivity index (χ1v) is 14.2. The number of aromatic nitrogens is 1. The van der Waals surface area contributed by atoms with E-state index in [0.29, 0.717) is 10.1 Å². The van der Waals surface area contributed by atoms with E-state index in [1.54, 1.807) is 61.5 Å². The number of hydrogen-bond donors (Lipinski definition) is 1. The molecule has 1 atom stereocenters. The molecule has 0 amide bonds. The average Bonchev–Trinajstić information content (AvgIpc) is 3.25. The van der Waals surface area contributed by atoms with Crippen LogP contribution < -0.4 is 20.5 Å². The van der Waals surface area contributed by atoms with Crippen LogP contribution >= 0.6 is 11.3 Å². The van der Waals surface area contributed by atoms with E-state index < -0.39 is 27.3 Å². The van der Waals surface area contributed by atoms with Crippen LogP contribution in [0, 0.1) is 0 Å². The first-order valence-electron chi connectivity index (χ1n) is 11.9. The molecule has 0 unspecified atom stereocenters. The van der Waals surface area contributed by atoms with Crippen molar-refractivity contribution >= 4 is 44.6 Å². The maximum Gasteiger partial charge on any atom is 0.338 e. The normalized spacial score (nSPS) is 15.9. The highest BCUT2D eigenvalue weighted by atomic mass is 32.2. The van der Waals surface area contributed by atoms with Crippen LogP contribution in [0.3, 0.4) is 0 Å². The number of carbonyl (C=O) groups is 1. The number of sulfone groups is 1. The molecule has 3 aromatic carbocycles. The van der Waals surface area contributed by atoms with Gasteiger partial charge in [-0.25, -0.2) is 13.2 Å². The van der Waals surface area contributed by atoms with Gasteiger partial charge in [0.25, 0.3) is 5.56 Å². The van der Waals surface area contributed by atoms with Crippen molar-refractivity contribution < 1.29 is 17.9 Å². The Morgan fingerprint density at radius 1 is 0.974 bits per heavy atom. The zero-order valence-corrected chi connectivity index (χ0v) is 22.0. The fourth-order valence-electron chi connectivity index (χ4n) is 4.49. The van der Waals surface area contributed by atoms with Crippen molar-refractivity contribution in [1.82, 2.24) is 4.57 Å². The summed E-state index contributed by atoms with van der Waals surface area (Å²) in [5, 5.41) is 0. The van der Waals surface area contributed by atoms with E-state index in [1.165, 1.54) is 12.1 Å². The van der Waals surface area contributed by atoms with Gasteiger partial charge < -0.3 is 10.5 Å². The summed E-state index contributed by atoms with van der Waals surface area (Å²) >= 11 is 1.08. The molecule has 2 heterocycles. The SMILES string of the molecule is CCOC(=O)C1=c2s/c(=C\c3ccccc3)c(=O)n2C(N)=C(S(=O)(=O)c2ccccc2)[C@H]1c1ccccc1. The molecule has 0 saturated heterocycles. The number of rotatable bonds is 6. The van der Waals surface area contributed by atoms with Gasteiger partial charge >= 0.3 is 5.97 Å². The summed E-state index contributed by atoms with van der Waals surface area (Å²) in [6.45, 7) is 1.74. The third-order valence-electron chi connectivity index (χ3n) is 6.17. The van der Waals surface area contributed by atoms with E-state index in [4.69, 9.17) is 10.5 Å². The van der Waals surface area contributed by atoms with Crippen LogP contribution in [0.2, 0.25) is 0 Å². The Bertz CT molecular complexity index is 1820. The van der Waals surface area contributed by atoms with Crippen molar-refractivity contribution in [3.05, 3.63) is 127 Å². The number of nitrogens with two attached hydrogens (primary N) is 1. The highest BCUT2D eigenvalue weighted by Crippen LogP contribution is 2.42. The Kier molecular flexibility index (Phi) is 6.88. The van der Waals surface area contributed by atoms with Crippen LogP contribution in [0.25, 0.3) is 17.5 Å². The zero-order valence-electron chi connectivity index (χ0n) is 20.4. The maximum atomic E-state index is 14.1. The standard InChI is InChI=1S/C29H24N2O5S2/c1-2-36-29(33)24-23(20-14-8-4-9-15-20)25(38(34,35)21-16-10-5-11-17-21)26(30)31-27(32)22(37-28(24)31)18-19-12-6-3-7-13-19/h3-18,23H,2,30H2,1H3/b22-18-/t23-/m0/s1. The third-order valence-corrected chi connectivity index (χ3v) is 9.19. The lowest BCUT2D eigenvalue weighted by Crippen LogP contribution is -2.41. The fraction of sp³-hybridized carbons (Fsp3) is 0.103. The van der Waals surface area contributed by atoms with Crippen molar-refractivity contribution in [2.75, 3.05) is 6.61 Å². The summed E-state index contributed by atoms with van der Waals surface area (Å²) in [5.74, 6) is -2.03. The number of ether oxygens (including phenoxy) is 1. The maximum absolute atomic E-state index is 14.1. The first-order chi connectivity index (χ1) is 18.3. The second-order valence-electron chi connectivity index (χ2n) is 8.51. The second kappa shape index (κ2) is 10.3. The second-order valence-corrected chi connectivity index (χ2v) is 11.5. The van der Waals surface area contributed by atoms with E-state index in [1.807, 2.05) is 30.3 Å². The Morgan fingerprint density at radius 3 is 2.16 bits per heavy atom. The van der Waals surface area contributed by atoms with Gasteiger partial charge in [-0.1, -0.05) is 78.9 Å². The van der Waals surface area contributed by atoms with Crippen LogP contribution in [0.15, 0.2) is 106 Å². The van der Waals surface area contributed by atoms with Gasteiger partial charge in [-0.15, -0.1) is 11.3 Å². The van der Waals surface area contributed by atoms with Crippen LogP contribution in [-0.2, 0) is 19.4 Å². The average molecular weight is 545 g/mol. The van der Waals surface area contributed by atoms with Gasteiger partial charge in [0.05, 0.1) is 27.5 Å². The first kappa shape index (κ1) is 25.4. The Hall–Kier alpha value is -4.21. The number of allylic oxidation sites excluding steroid dienone is 1. The molecule has 5 rings (SSSR count). The smallest absolute Gasteiger partial charge is 0.338 e. The largest absolute Gasteiger partial charge is 0.463 e. The molecule has 0 fully saturated rings. The summed E-state index contributed by atoms with van der Waals surface area (Å²) in [5.41, 5.74) is 7.43. The van der Waals surface area contributed by atoms with E-state index in [2.05, 4.69) is 0 Å². The molecular formula is C29H24N2O5S2. The van der Waals surface area contributed by atoms with Crippen molar-refractivity contribution in [3.63, 3.8) is 0 Å². The molecule has 7 nitrogen and oxygen atoms in total. The minimum Gasteiger partial charge on any atom is -0.463 e. The van der Waals surface area contributed by atoms with Gasteiger partial charge in [0.15, 0.2) is 0 Å². The molecular weight excluding hydrogens is 520 g/mol. The van der Waals surface area contributed by atoms with Gasteiger partial charge in [0.2, 0.25) is 9.84 Å². The minimum absolute atomic E-state index is 0.00453. The topological polar surface area (TPSA) is 108 Å². The molecule has 0 radical (unpaired) electrons. The predicted molar refractivity (Wildman–Crippen MR) is 148 cm³/mol. The quantitative estimate of drug-likeness (QED) is 0.374. The fourth-order valence-corrected chi connectivity index (χ4v) is 7.36. The predicted octanol–water partition coefficient (Wildman–Crippen LogP) is 2.81. The Labute approximate surface area is 223 Å². The van der Waals surface area contributed by atoms with Crippen molar-refractivity contribution in [2.24, 2.45) is 5.73 Å². The Morgan fingerprint density at radius 2 is 1.55 bits per heavy atom. The highest BCUT2D eigenvalue weighted by Gasteiger charge is 2.42. The highest BCUT2D eigenvalue weighted by molar-refractivity contribution is 7.95. The van der Waals surface area contributed by atoms with E-state index >= 15 is 0 Å². The number of carbonyl (C=O) groups excluding carboxylic acids is 1. The number of nitrogens with zero attached hydrogens (tertiary/aromatic N) is 1. The monoisotopic (exact) mass is 544 g/mol. The number of thiazole rings is 1. The molecule has 0 saturated carbocycles. The molecule has 0 spiro atoms. The molecule has 0 aliphatic carbocycles. The Balaban J connectivity index is 1.93. The molecule has 1 aliphatic heterocycles. The van der Waals surface area contributed by atoms with Gasteiger partial charge in [-0.3, -0.25) is 9.36 Å². The summed E-state index contributed by atoms with van der Waals surface area (Å²) in [4.78, 5) is 26.9. The van der Waals surface area contributed by atoms with Crippen LogP contribution in [0.1, 0.15) is 24.0 Å². The van der Waals surface area contributed by atoms with Crippen LogP contribution in [0.5, 0.6) is 0 Å². The van der Waals surface area contributed by atoms with Gasteiger partial charge in [0.1, 0.15) is 15.4 Å². The van der Waals surface area contributed by atoms with Crippen molar-refractivity contribution in [1.29, 1.82) is 0 Å². The van der Waals surface area contributed by atoms with Crippen molar-refractivity contribution in [2.45, 2.75) is 17.7 Å². The zero-order chi connectivity index (χ0) is 26.9. The lowest BCUT2D eigenvalue weighted by atomic mass is 9.89. The van der Waals surface area contributed by atoms with Gasteiger partial charge in [0, 0.05) is 0 Å².